The summed E-state index contributed by atoms with van der Waals surface area (Å²) in [5, 5.41) is 0. The molecule has 1 rings (SSSR count). The maximum atomic E-state index is 12.1. The van der Waals surface area contributed by atoms with Gasteiger partial charge in [0.05, 0.1) is 6.54 Å². The molecule has 0 bridgehead atoms. The number of amides is 2. The highest BCUT2D eigenvalue weighted by Crippen LogP contribution is 2.19. The number of hydrogen-bond donors (Lipinski definition) is 1. The molecule has 0 aliphatic carbocycles. The van der Waals surface area contributed by atoms with E-state index in [-0.39, 0.29) is 36.8 Å². The summed E-state index contributed by atoms with van der Waals surface area (Å²) in [7, 11) is 0. The number of halogens is 1. The third kappa shape index (κ3) is 3.57. The van der Waals surface area contributed by atoms with E-state index >= 15 is 0 Å². The summed E-state index contributed by atoms with van der Waals surface area (Å²) in [4.78, 5) is 27.1. The van der Waals surface area contributed by atoms with Crippen molar-refractivity contribution in [1.29, 1.82) is 0 Å². The fourth-order valence-corrected chi connectivity index (χ4v) is 2.19. The lowest BCUT2D eigenvalue weighted by Gasteiger charge is -2.28. The maximum absolute atomic E-state index is 12.1. The van der Waals surface area contributed by atoms with Gasteiger partial charge in [-0.2, -0.15) is 0 Å². The van der Waals surface area contributed by atoms with E-state index in [4.69, 9.17) is 5.73 Å². The molecule has 5 nitrogen and oxygen atoms in total. The SMILES string of the molecule is CCN(CC)C(=O)C1CCCN1C(=O)CN.Cl. The first-order valence-corrected chi connectivity index (χ1v) is 5.94. The Kier molecular flexibility index (Phi) is 7.15. The molecular formula is C11H22ClN3O2. The highest BCUT2D eigenvalue weighted by Gasteiger charge is 2.35. The third-order valence-corrected chi connectivity index (χ3v) is 3.11. The Morgan fingerprint density at radius 2 is 1.94 bits per heavy atom. The van der Waals surface area contributed by atoms with Crippen molar-refractivity contribution in [3.05, 3.63) is 0 Å². The zero-order valence-electron chi connectivity index (χ0n) is 10.5. The van der Waals surface area contributed by atoms with Crippen LogP contribution in [-0.4, -0.2) is 53.8 Å². The molecule has 0 spiro atoms. The van der Waals surface area contributed by atoms with Crippen LogP contribution in [0.5, 0.6) is 0 Å². The van der Waals surface area contributed by atoms with E-state index in [9.17, 15) is 9.59 Å². The third-order valence-electron chi connectivity index (χ3n) is 3.11. The first kappa shape index (κ1) is 16.2. The normalized spacial score (nSPS) is 18.8. The van der Waals surface area contributed by atoms with E-state index in [0.29, 0.717) is 19.6 Å². The molecule has 2 N–H and O–H groups in total. The second-order valence-corrected chi connectivity index (χ2v) is 3.96. The summed E-state index contributed by atoms with van der Waals surface area (Å²) < 4.78 is 0. The smallest absolute Gasteiger partial charge is 0.245 e. The van der Waals surface area contributed by atoms with Crippen molar-refractivity contribution < 1.29 is 9.59 Å². The lowest BCUT2D eigenvalue weighted by molar-refractivity contribution is -0.142. The topological polar surface area (TPSA) is 66.6 Å². The van der Waals surface area contributed by atoms with Crippen molar-refractivity contribution in [2.75, 3.05) is 26.2 Å². The first-order valence-electron chi connectivity index (χ1n) is 5.94. The average molecular weight is 264 g/mol. The molecule has 1 aliphatic heterocycles. The molecule has 17 heavy (non-hydrogen) atoms. The predicted molar refractivity (Wildman–Crippen MR) is 69.0 cm³/mol. The van der Waals surface area contributed by atoms with Gasteiger partial charge in [-0.25, -0.2) is 0 Å². The van der Waals surface area contributed by atoms with Crippen LogP contribution < -0.4 is 5.73 Å². The molecular weight excluding hydrogens is 242 g/mol. The largest absolute Gasteiger partial charge is 0.341 e. The molecule has 0 aromatic heterocycles. The molecule has 1 atom stereocenters. The van der Waals surface area contributed by atoms with Gasteiger partial charge in [0.15, 0.2) is 0 Å². The standard InChI is InChI=1S/C11H21N3O2.ClH/c1-3-13(4-2)11(16)9-6-5-7-14(9)10(15)8-12;/h9H,3-8,12H2,1-2H3;1H. The summed E-state index contributed by atoms with van der Waals surface area (Å²) in [6.45, 7) is 5.93. The Bertz CT molecular complexity index is 269. The van der Waals surface area contributed by atoms with E-state index in [0.717, 1.165) is 12.8 Å². The Morgan fingerprint density at radius 1 is 1.35 bits per heavy atom. The van der Waals surface area contributed by atoms with Crippen LogP contribution in [0.15, 0.2) is 0 Å². The van der Waals surface area contributed by atoms with Gasteiger partial charge in [-0.15, -0.1) is 12.4 Å². The van der Waals surface area contributed by atoms with Gasteiger partial charge in [0.25, 0.3) is 0 Å². The van der Waals surface area contributed by atoms with Gasteiger partial charge < -0.3 is 15.5 Å². The molecule has 6 heteroatoms. The highest BCUT2D eigenvalue weighted by atomic mass is 35.5. The van der Waals surface area contributed by atoms with Crippen molar-refractivity contribution >= 4 is 24.2 Å². The zero-order chi connectivity index (χ0) is 12.1. The van der Waals surface area contributed by atoms with Crippen molar-refractivity contribution in [3.8, 4) is 0 Å². The predicted octanol–water partition coefficient (Wildman–Crippen LogP) is 0.226. The van der Waals surface area contributed by atoms with Crippen molar-refractivity contribution in [2.45, 2.75) is 32.7 Å². The Hall–Kier alpha value is -0.810. The second-order valence-electron chi connectivity index (χ2n) is 3.96. The molecule has 1 aliphatic rings. The van der Waals surface area contributed by atoms with Crippen LogP contribution in [0.4, 0.5) is 0 Å². The summed E-state index contributed by atoms with van der Waals surface area (Å²) in [5.74, 6) is -0.0627. The number of carbonyl (C=O) groups excluding carboxylic acids is 2. The van der Waals surface area contributed by atoms with Crippen LogP contribution in [0.3, 0.4) is 0 Å². The Balaban J connectivity index is 0.00000256. The minimum absolute atomic E-state index is 0. The quantitative estimate of drug-likeness (QED) is 0.789. The molecule has 1 saturated heterocycles. The minimum Gasteiger partial charge on any atom is -0.341 e. The molecule has 0 radical (unpaired) electrons. The molecule has 1 unspecified atom stereocenters. The summed E-state index contributed by atoms with van der Waals surface area (Å²) in [6.07, 6.45) is 1.66. The molecule has 2 amide bonds. The first-order chi connectivity index (χ1) is 7.65. The van der Waals surface area contributed by atoms with Gasteiger partial charge >= 0.3 is 0 Å². The summed E-state index contributed by atoms with van der Waals surface area (Å²) in [6, 6.07) is -0.282. The van der Waals surface area contributed by atoms with Crippen LogP contribution in [0.1, 0.15) is 26.7 Å². The van der Waals surface area contributed by atoms with Gasteiger partial charge in [-0.05, 0) is 26.7 Å². The van der Waals surface area contributed by atoms with Crippen LogP contribution in [0.25, 0.3) is 0 Å². The fraction of sp³-hybridized carbons (Fsp3) is 0.818. The van der Waals surface area contributed by atoms with Crippen LogP contribution in [0, 0.1) is 0 Å². The number of hydrogen-bond acceptors (Lipinski definition) is 3. The lowest BCUT2D eigenvalue weighted by Crippen LogP contribution is -2.49. The van der Waals surface area contributed by atoms with Gasteiger partial charge in [0, 0.05) is 19.6 Å². The van der Waals surface area contributed by atoms with Crippen molar-refractivity contribution in [2.24, 2.45) is 5.73 Å². The maximum Gasteiger partial charge on any atom is 0.245 e. The van der Waals surface area contributed by atoms with Crippen LogP contribution in [0.2, 0.25) is 0 Å². The molecule has 0 aromatic carbocycles. The van der Waals surface area contributed by atoms with Crippen LogP contribution in [-0.2, 0) is 9.59 Å². The van der Waals surface area contributed by atoms with Gasteiger partial charge in [-0.1, -0.05) is 0 Å². The number of nitrogens with zero attached hydrogens (tertiary/aromatic N) is 2. The molecule has 100 valence electrons. The number of likely N-dealkylation sites (tertiary alicyclic amines) is 1. The average Bonchev–Trinajstić information content (AvgIpc) is 2.78. The van der Waals surface area contributed by atoms with Gasteiger partial charge in [-0.3, -0.25) is 9.59 Å². The monoisotopic (exact) mass is 263 g/mol. The molecule has 1 fully saturated rings. The Morgan fingerprint density at radius 3 is 2.41 bits per heavy atom. The number of rotatable bonds is 4. The molecule has 0 saturated carbocycles. The number of likely N-dealkylation sites (N-methyl/N-ethyl adjacent to an activating group) is 1. The van der Waals surface area contributed by atoms with E-state index in [2.05, 4.69) is 0 Å². The number of carbonyl (C=O) groups is 2. The van der Waals surface area contributed by atoms with E-state index in [1.54, 1.807) is 9.80 Å². The van der Waals surface area contributed by atoms with Gasteiger partial charge in [0.1, 0.15) is 6.04 Å². The Labute approximate surface area is 109 Å². The second kappa shape index (κ2) is 7.50. The lowest BCUT2D eigenvalue weighted by atomic mass is 10.2. The van der Waals surface area contributed by atoms with Crippen LogP contribution >= 0.6 is 12.4 Å². The van der Waals surface area contributed by atoms with E-state index in [1.807, 2.05) is 13.8 Å². The molecule has 1 heterocycles. The summed E-state index contributed by atoms with van der Waals surface area (Å²) in [5.41, 5.74) is 5.34. The minimum atomic E-state index is -0.282. The highest BCUT2D eigenvalue weighted by molar-refractivity contribution is 5.88. The van der Waals surface area contributed by atoms with Gasteiger partial charge in [0.2, 0.25) is 11.8 Å². The number of nitrogens with two attached hydrogens (primary N) is 1. The van der Waals surface area contributed by atoms with Crippen molar-refractivity contribution in [1.82, 2.24) is 9.80 Å². The van der Waals surface area contributed by atoms with Crippen molar-refractivity contribution in [3.63, 3.8) is 0 Å². The molecule has 0 aromatic rings. The summed E-state index contributed by atoms with van der Waals surface area (Å²) >= 11 is 0. The fourth-order valence-electron chi connectivity index (χ4n) is 2.19. The van der Waals surface area contributed by atoms with E-state index in [1.165, 1.54) is 0 Å². The zero-order valence-corrected chi connectivity index (χ0v) is 11.3. The van der Waals surface area contributed by atoms with E-state index < -0.39 is 0 Å².